The van der Waals surface area contributed by atoms with Crippen LogP contribution < -0.4 is 5.43 Å². The molecule has 1 N–H and O–H groups in total. The second-order valence-electron chi connectivity index (χ2n) is 6.62. The number of benzene rings is 2. The fourth-order valence-corrected chi connectivity index (χ4v) is 3.39. The van der Waals surface area contributed by atoms with Crippen molar-refractivity contribution in [1.82, 2.24) is 9.99 Å². The van der Waals surface area contributed by atoms with Crippen LogP contribution in [0.4, 0.5) is 0 Å². The maximum Gasteiger partial charge on any atom is 0.338 e. The van der Waals surface area contributed by atoms with E-state index in [-0.39, 0.29) is 5.97 Å². The molecule has 1 heterocycles. The molecule has 0 radical (unpaired) electrons. The molecule has 0 aliphatic heterocycles. The molecule has 0 saturated heterocycles. The van der Waals surface area contributed by atoms with Crippen LogP contribution >= 0.6 is 11.6 Å². The Labute approximate surface area is 176 Å². The molecule has 6 heteroatoms. The highest BCUT2D eigenvalue weighted by Gasteiger charge is 2.12. The van der Waals surface area contributed by atoms with Gasteiger partial charge in [-0.25, -0.2) is 4.79 Å². The third-order valence-corrected chi connectivity index (χ3v) is 4.98. The van der Waals surface area contributed by atoms with Gasteiger partial charge in [0.15, 0.2) is 0 Å². The largest absolute Gasteiger partial charge is 0.462 e. The zero-order valence-electron chi connectivity index (χ0n) is 16.8. The van der Waals surface area contributed by atoms with Crippen LogP contribution in [0.5, 0.6) is 0 Å². The van der Waals surface area contributed by atoms with Gasteiger partial charge in [0.25, 0.3) is 0 Å². The summed E-state index contributed by atoms with van der Waals surface area (Å²) in [5.74, 6) is -0.317. The Bertz CT molecular complexity index is 1040. The molecule has 150 valence electrons. The van der Waals surface area contributed by atoms with Crippen LogP contribution in [0.1, 0.15) is 39.8 Å². The average Bonchev–Trinajstić information content (AvgIpc) is 3.00. The molecule has 0 saturated carbocycles. The predicted molar refractivity (Wildman–Crippen MR) is 117 cm³/mol. The van der Waals surface area contributed by atoms with E-state index in [2.05, 4.69) is 21.2 Å². The van der Waals surface area contributed by atoms with Crippen LogP contribution in [0.25, 0.3) is 5.69 Å². The quantitative estimate of drug-likeness (QED) is 0.337. The highest BCUT2D eigenvalue weighted by molar-refractivity contribution is 6.31. The molecule has 0 spiro atoms. The van der Waals surface area contributed by atoms with Gasteiger partial charge in [-0.2, -0.15) is 5.10 Å². The first-order chi connectivity index (χ1) is 14.0. The van der Waals surface area contributed by atoms with E-state index in [0.29, 0.717) is 18.7 Å². The van der Waals surface area contributed by atoms with Crippen molar-refractivity contribution in [2.24, 2.45) is 5.10 Å². The number of esters is 1. The van der Waals surface area contributed by atoms with Crippen LogP contribution in [-0.2, 0) is 11.3 Å². The van der Waals surface area contributed by atoms with Gasteiger partial charge in [0.1, 0.15) is 0 Å². The standard InChI is InChI=1S/C23H24ClN3O2/c1-4-29-23(28)18-9-7-10-21(13-18)27-16(2)12-20(17(27)3)15-26-25-14-19-8-5-6-11-22(19)24/h5-13,15,25H,4,14H2,1-3H3/b26-15-. The number of aryl methyl sites for hydroxylation is 1. The molecule has 5 nitrogen and oxygen atoms in total. The highest BCUT2D eigenvalue weighted by Crippen LogP contribution is 2.21. The molecule has 0 aliphatic carbocycles. The fraction of sp³-hybridized carbons (Fsp3) is 0.217. The lowest BCUT2D eigenvalue weighted by atomic mass is 10.2. The normalized spacial score (nSPS) is 11.0. The molecule has 0 amide bonds. The van der Waals surface area contributed by atoms with Crippen LogP contribution in [0.3, 0.4) is 0 Å². The molecule has 1 aromatic heterocycles. The fourth-order valence-electron chi connectivity index (χ4n) is 3.19. The van der Waals surface area contributed by atoms with Crippen molar-refractivity contribution < 1.29 is 9.53 Å². The second kappa shape index (κ2) is 9.43. The number of carbonyl (C=O) groups is 1. The van der Waals surface area contributed by atoms with Crippen molar-refractivity contribution >= 4 is 23.8 Å². The molecule has 3 rings (SSSR count). The van der Waals surface area contributed by atoms with Crippen molar-refractivity contribution in [3.05, 3.63) is 87.7 Å². The summed E-state index contributed by atoms with van der Waals surface area (Å²) in [7, 11) is 0. The molecule has 0 atom stereocenters. The van der Waals surface area contributed by atoms with Crippen molar-refractivity contribution in [2.75, 3.05) is 6.61 Å². The minimum absolute atomic E-state index is 0.317. The van der Waals surface area contributed by atoms with Gasteiger partial charge in [0, 0.05) is 27.7 Å². The molecule has 2 aromatic carbocycles. The van der Waals surface area contributed by atoms with Gasteiger partial charge in [0.05, 0.1) is 24.9 Å². The van der Waals surface area contributed by atoms with E-state index >= 15 is 0 Å². The van der Waals surface area contributed by atoms with Crippen molar-refractivity contribution in [3.63, 3.8) is 0 Å². The Morgan fingerprint density at radius 1 is 1.17 bits per heavy atom. The number of rotatable bonds is 7. The molecule has 0 unspecified atom stereocenters. The summed E-state index contributed by atoms with van der Waals surface area (Å²) < 4.78 is 7.20. The lowest BCUT2D eigenvalue weighted by Crippen LogP contribution is -2.07. The molecule has 29 heavy (non-hydrogen) atoms. The molecule has 0 bridgehead atoms. The number of hydrogen-bond donors (Lipinski definition) is 1. The zero-order valence-corrected chi connectivity index (χ0v) is 17.5. The van der Waals surface area contributed by atoms with Crippen molar-refractivity contribution in [3.8, 4) is 5.69 Å². The minimum atomic E-state index is -0.317. The highest BCUT2D eigenvalue weighted by atomic mass is 35.5. The number of carbonyl (C=O) groups excluding carboxylic acids is 1. The van der Waals surface area contributed by atoms with Crippen LogP contribution in [-0.4, -0.2) is 23.4 Å². The summed E-state index contributed by atoms with van der Waals surface area (Å²) in [6.45, 7) is 6.76. The Hall–Kier alpha value is -3.05. The Kier molecular flexibility index (Phi) is 6.73. The Morgan fingerprint density at radius 2 is 1.97 bits per heavy atom. The number of nitrogens with one attached hydrogen (secondary N) is 1. The lowest BCUT2D eigenvalue weighted by molar-refractivity contribution is 0.0526. The maximum atomic E-state index is 12.0. The Balaban J connectivity index is 1.77. The average molecular weight is 410 g/mol. The molecular weight excluding hydrogens is 386 g/mol. The third kappa shape index (κ3) is 4.87. The number of hydrogen-bond acceptors (Lipinski definition) is 4. The summed E-state index contributed by atoms with van der Waals surface area (Å²) in [6, 6.07) is 17.2. The van der Waals surface area contributed by atoms with Crippen molar-refractivity contribution in [2.45, 2.75) is 27.3 Å². The molecule has 0 aliphatic rings. The van der Waals surface area contributed by atoms with Crippen LogP contribution in [0.2, 0.25) is 5.02 Å². The first kappa shape index (κ1) is 20.7. The molecular formula is C23H24ClN3O2. The second-order valence-corrected chi connectivity index (χ2v) is 7.02. The van der Waals surface area contributed by atoms with Crippen molar-refractivity contribution in [1.29, 1.82) is 0 Å². The van der Waals surface area contributed by atoms with Gasteiger partial charge >= 0.3 is 5.97 Å². The van der Waals surface area contributed by atoms with E-state index in [1.54, 1.807) is 19.2 Å². The lowest BCUT2D eigenvalue weighted by Gasteiger charge is -2.11. The van der Waals surface area contributed by atoms with E-state index in [4.69, 9.17) is 16.3 Å². The van der Waals surface area contributed by atoms with Gasteiger partial charge in [-0.1, -0.05) is 35.9 Å². The summed E-state index contributed by atoms with van der Waals surface area (Å²) in [5, 5.41) is 5.05. The molecule has 3 aromatic rings. The summed E-state index contributed by atoms with van der Waals surface area (Å²) in [4.78, 5) is 12.0. The number of aromatic nitrogens is 1. The number of ether oxygens (including phenoxy) is 1. The SMILES string of the molecule is CCOC(=O)c1cccc(-n2c(C)cc(/C=N\NCc3ccccc3Cl)c2C)c1. The number of nitrogens with zero attached hydrogens (tertiary/aromatic N) is 2. The first-order valence-electron chi connectivity index (χ1n) is 9.47. The summed E-state index contributed by atoms with van der Waals surface area (Å²) >= 11 is 6.16. The van der Waals surface area contributed by atoms with Crippen LogP contribution in [0, 0.1) is 13.8 Å². The van der Waals surface area contributed by atoms with Gasteiger partial charge in [-0.3, -0.25) is 0 Å². The Morgan fingerprint density at radius 3 is 2.72 bits per heavy atom. The van der Waals surface area contributed by atoms with E-state index < -0.39 is 0 Å². The van der Waals surface area contributed by atoms with Gasteiger partial charge in [-0.05, 0) is 56.7 Å². The van der Waals surface area contributed by atoms with E-state index in [1.165, 1.54) is 0 Å². The van der Waals surface area contributed by atoms with Gasteiger partial charge < -0.3 is 14.7 Å². The molecule has 0 fully saturated rings. The number of halogens is 1. The number of hydrazone groups is 1. The third-order valence-electron chi connectivity index (χ3n) is 4.61. The predicted octanol–water partition coefficient (Wildman–Crippen LogP) is 5.05. The smallest absolute Gasteiger partial charge is 0.338 e. The van der Waals surface area contributed by atoms with E-state index in [9.17, 15) is 4.79 Å². The zero-order chi connectivity index (χ0) is 20.8. The minimum Gasteiger partial charge on any atom is -0.462 e. The monoisotopic (exact) mass is 409 g/mol. The first-order valence-corrected chi connectivity index (χ1v) is 9.85. The van der Waals surface area contributed by atoms with Gasteiger partial charge in [0.2, 0.25) is 0 Å². The summed E-state index contributed by atoms with van der Waals surface area (Å²) in [5.41, 5.74) is 8.56. The van der Waals surface area contributed by atoms with Gasteiger partial charge in [-0.15, -0.1) is 0 Å². The van der Waals surface area contributed by atoms with Crippen LogP contribution in [0.15, 0.2) is 59.7 Å². The topological polar surface area (TPSA) is 55.6 Å². The van der Waals surface area contributed by atoms with E-state index in [0.717, 1.165) is 33.2 Å². The maximum absolute atomic E-state index is 12.0. The van der Waals surface area contributed by atoms with E-state index in [1.807, 2.05) is 56.3 Å². The summed E-state index contributed by atoms with van der Waals surface area (Å²) in [6.07, 6.45) is 1.80.